The molecule has 1 aromatic heterocycles. The van der Waals surface area contributed by atoms with Crippen molar-refractivity contribution in [1.29, 1.82) is 0 Å². The number of amides is 1. The fraction of sp³-hybridized carbons (Fsp3) is 0.294. The third-order valence-electron chi connectivity index (χ3n) is 3.54. The van der Waals surface area contributed by atoms with Gasteiger partial charge in [0.05, 0.1) is 11.4 Å². The molecule has 0 aliphatic carbocycles. The van der Waals surface area contributed by atoms with Gasteiger partial charge in [-0.2, -0.15) is 4.31 Å². The molecular formula is C17H21N3O3S. The summed E-state index contributed by atoms with van der Waals surface area (Å²) >= 11 is 0. The Morgan fingerprint density at radius 3 is 2.50 bits per heavy atom. The van der Waals surface area contributed by atoms with E-state index in [-0.39, 0.29) is 23.9 Å². The van der Waals surface area contributed by atoms with Crippen molar-refractivity contribution in [3.8, 4) is 0 Å². The van der Waals surface area contributed by atoms with Gasteiger partial charge in [-0.25, -0.2) is 8.42 Å². The van der Waals surface area contributed by atoms with Gasteiger partial charge in [-0.1, -0.05) is 30.7 Å². The second kappa shape index (κ2) is 8.03. The molecule has 0 unspecified atom stereocenters. The van der Waals surface area contributed by atoms with E-state index in [1.165, 1.54) is 0 Å². The largest absolute Gasteiger partial charge is 0.351 e. The van der Waals surface area contributed by atoms with Crippen molar-refractivity contribution >= 4 is 15.9 Å². The number of pyridine rings is 1. The number of sulfonamides is 1. The molecule has 1 N–H and O–H groups in total. The van der Waals surface area contributed by atoms with Gasteiger partial charge in [-0.15, -0.1) is 0 Å². The molecule has 2 rings (SSSR count). The highest BCUT2D eigenvalue weighted by atomic mass is 32.2. The maximum atomic E-state index is 12.6. The summed E-state index contributed by atoms with van der Waals surface area (Å²) in [7, 11) is -3.69. The van der Waals surface area contributed by atoms with Crippen LogP contribution in [-0.2, 0) is 21.4 Å². The van der Waals surface area contributed by atoms with Crippen LogP contribution in [0.25, 0.3) is 0 Å². The van der Waals surface area contributed by atoms with Gasteiger partial charge in [-0.3, -0.25) is 9.78 Å². The van der Waals surface area contributed by atoms with Crippen LogP contribution in [0, 0.1) is 6.92 Å². The normalized spacial score (nSPS) is 11.5. The molecule has 0 spiro atoms. The molecule has 0 saturated heterocycles. The summed E-state index contributed by atoms with van der Waals surface area (Å²) in [6.45, 7) is 3.91. The Labute approximate surface area is 142 Å². The van der Waals surface area contributed by atoms with Crippen LogP contribution in [0.4, 0.5) is 0 Å². The van der Waals surface area contributed by atoms with Gasteiger partial charge >= 0.3 is 0 Å². The third-order valence-corrected chi connectivity index (χ3v) is 5.48. The summed E-state index contributed by atoms with van der Waals surface area (Å²) in [5.41, 5.74) is 1.83. The standard InChI is InChI=1S/C17H21N3O3S/c1-3-20(24(22,23)16-8-6-14(2)7-9-16)13-17(21)19-12-15-5-4-10-18-11-15/h4-11H,3,12-13H2,1-2H3,(H,19,21). The minimum Gasteiger partial charge on any atom is -0.351 e. The number of hydrogen-bond acceptors (Lipinski definition) is 4. The van der Waals surface area contributed by atoms with E-state index in [4.69, 9.17) is 0 Å². The van der Waals surface area contributed by atoms with Gasteiger partial charge in [0.25, 0.3) is 0 Å². The van der Waals surface area contributed by atoms with Crippen LogP contribution in [0.5, 0.6) is 0 Å². The molecule has 128 valence electrons. The number of carbonyl (C=O) groups excluding carboxylic acids is 1. The van der Waals surface area contributed by atoms with E-state index < -0.39 is 10.0 Å². The molecule has 0 aliphatic heterocycles. The average Bonchev–Trinajstić information content (AvgIpc) is 2.59. The van der Waals surface area contributed by atoms with Crippen molar-refractivity contribution in [3.63, 3.8) is 0 Å². The van der Waals surface area contributed by atoms with Gasteiger partial charge in [0.15, 0.2) is 0 Å². The SMILES string of the molecule is CCN(CC(=O)NCc1cccnc1)S(=O)(=O)c1ccc(C)cc1. The zero-order chi connectivity index (χ0) is 17.6. The van der Waals surface area contributed by atoms with Gasteiger partial charge in [0.2, 0.25) is 15.9 Å². The zero-order valence-corrected chi connectivity index (χ0v) is 14.6. The lowest BCUT2D eigenvalue weighted by molar-refractivity contribution is -0.121. The number of hydrogen-bond donors (Lipinski definition) is 1. The second-order valence-corrected chi connectivity index (χ2v) is 7.32. The summed E-state index contributed by atoms with van der Waals surface area (Å²) < 4.78 is 26.4. The predicted molar refractivity (Wildman–Crippen MR) is 91.7 cm³/mol. The molecule has 0 saturated carbocycles. The van der Waals surface area contributed by atoms with Crippen molar-refractivity contribution in [3.05, 3.63) is 59.9 Å². The molecule has 0 aliphatic rings. The molecule has 0 fully saturated rings. The van der Waals surface area contributed by atoms with Crippen molar-refractivity contribution in [1.82, 2.24) is 14.6 Å². The van der Waals surface area contributed by atoms with Crippen molar-refractivity contribution in [2.75, 3.05) is 13.1 Å². The smallest absolute Gasteiger partial charge is 0.243 e. The Bertz CT molecular complexity index is 774. The summed E-state index contributed by atoms with van der Waals surface area (Å²) in [5.74, 6) is -0.351. The molecule has 0 radical (unpaired) electrons. The number of aromatic nitrogens is 1. The highest BCUT2D eigenvalue weighted by Gasteiger charge is 2.24. The van der Waals surface area contributed by atoms with Crippen molar-refractivity contribution in [2.24, 2.45) is 0 Å². The van der Waals surface area contributed by atoms with E-state index in [9.17, 15) is 13.2 Å². The van der Waals surface area contributed by atoms with E-state index in [1.54, 1.807) is 49.6 Å². The van der Waals surface area contributed by atoms with Crippen LogP contribution in [0.15, 0.2) is 53.7 Å². The molecule has 24 heavy (non-hydrogen) atoms. The van der Waals surface area contributed by atoms with Gasteiger partial charge < -0.3 is 5.32 Å². The molecule has 2 aromatic rings. The minimum absolute atomic E-state index is 0.190. The Morgan fingerprint density at radius 2 is 1.92 bits per heavy atom. The van der Waals surface area contributed by atoms with E-state index in [2.05, 4.69) is 10.3 Å². The maximum Gasteiger partial charge on any atom is 0.243 e. The molecule has 0 bridgehead atoms. The summed E-state index contributed by atoms with van der Waals surface area (Å²) in [4.78, 5) is 16.2. The average molecular weight is 347 g/mol. The maximum absolute atomic E-state index is 12.6. The van der Waals surface area contributed by atoms with Crippen molar-refractivity contribution < 1.29 is 13.2 Å². The van der Waals surface area contributed by atoms with E-state index in [0.29, 0.717) is 6.54 Å². The molecule has 1 heterocycles. The highest BCUT2D eigenvalue weighted by molar-refractivity contribution is 7.89. The predicted octanol–water partition coefficient (Wildman–Crippen LogP) is 1.72. The summed E-state index contributed by atoms with van der Waals surface area (Å²) in [6, 6.07) is 10.2. The lowest BCUT2D eigenvalue weighted by atomic mass is 10.2. The minimum atomic E-state index is -3.69. The first-order valence-corrected chi connectivity index (χ1v) is 9.10. The quantitative estimate of drug-likeness (QED) is 0.827. The van der Waals surface area contributed by atoms with Crippen LogP contribution in [0.2, 0.25) is 0 Å². The fourth-order valence-corrected chi connectivity index (χ4v) is 3.55. The number of nitrogens with zero attached hydrogens (tertiary/aromatic N) is 2. The zero-order valence-electron chi connectivity index (χ0n) is 13.8. The third kappa shape index (κ3) is 4.62. The summed E-state index contributed by atoms with van der Waals surface area (Å²) in [5, 5.41) is 2.71. The van der Waals surface area contributed by atoms with E-state index in [0.717, 1.165) is 15.4 Å². The monoisotopic (exact) mass is 347 g/mol. The molecule has 0 atom stereocenters. The number of aryl methyl sites for hydroxylation is 1. The lowest BCUT2D eigenvalue weighted by Crippen LogP contribution is -2.40. The Kier molecular flexibility index (Phi) is 6.05. The molecule has 7 heteroatoms. The van der Waals surface area contributed by atoms with E-state index in [1.807, 2.05) is 13.0 Å². The lowest BCUT2D eigenvalue weighted by Gasteiger charge is -2.20. The molecular weight excluding hydrogens is 326 g/mol. The van der Waals surface area contributed by atoms with Gasteiger partial charge in [-0.05, 0) is 30.7 Å². The van der Waals surface area contributed by atoms with E-state index >= 15 is 0 Å². The second-order valence-electron chi connectivity index (χ2n) is 5.38. The molecule has 1 aromatic carbocycles. The van der Waals surface area contributed by atoms with Crippen LogP contribution in [0.3, 0.4) is 0 Å². The number of carbonyl (C=O) groups is 1. The first-order chi connectivity index (χ1) is 11.4. The first kappa shape index (κ1) is 18.1. The first-order valence-electron chi connectivity index (χ1n) is 7.66. The van der Waals surface area contributed by atoms with Crippen LogP contribution >= 0.6 is 0 Å². The number of benzene rings is 1. The Hall–Kier alpha value is -2.25. The molecule has 6 nitrogen and oxygen atoms in total. The number of likely N-dealkylation sites (N-methyl/N-ethyl adjacent to an activating group) is 1. The number of nitrogens with one attached hydrogen (secondary N) is 1. The fourth-order valence-electron chi connectivity index (χ4n) is 2.15. The van der Waals surface area contributed by atoms with Crippen LogP contribution in [-0.4, -0.2) is 36.7 Å². The van der Waals surface area contributed by atoms with Gasteiger partial charge in [0, 0.05) is 25.5 Å². The summed E-state index contributed by atoms with van der Waals surface area (Å²) in [6.07, 6.45) is 3.30. The topological polar surface area (TPSA) is 79.4 Å². The van der Waals surface area contributed by atoms with Gasteiger partial charge in [0.1, 0.15) is 0 Å². The van der Waals surface area contributed by atoms with Crippen LogP contribution < -0.4 is 5.32 Å². The van der Waals surface area contributed by atoms with Crippen LogP contribution in [0.1, 0.15) is 18.1 Å². The highest BCUT2D eigenvalue weighted by Crippen LogP contribution is 2.16. The van der Waals surface area contributed by atoms with Crippen molar-refractivity contribution in [2.45, 2.75) is 25.3 Å². The Morgan fingerprint density at radius 1 is 1.21 bits per heavy atom. The molecule has 1 amide bonds. The Balaban J connectivity index is 2.02. The number of rotatable bonds is 7.